The summed E-state index contributed by atoms with van der Waals surface area (Å²) in [4.78, 5) is 26.1. The molecule has 1 unspecified atom stereocenters. The second-order valence-corrected chi connectivity index (χ2v) is 4.47. The third kappa shape index (κ3) is 2.31. The van der Waals surface area contributed by atoms with Crippen molar-refractivity contribution < 1.29 is 19.1 Å². The molecule has 1 atom stereocenters. The number of esters is 2. The second-order valence-electron chi connectivity index (χ2n) is 4.47. The van der Waals surface area contributed by atoms with E-state index >= 15 is 0 Å². The Morgan fingerprint density at radius 3 is 3.05 bits per heavy atom. The van der Waals surface area contributed by atoms with Crippen molar-refractivity contribution >= 4 is 22.8 Å². The zero-order chi connectivity index (χ0) is 13.2. The number of hydrogen-bond acceptors (Lipinski definition) is 4. The largest absolute Gasteiger partial charge is 0.463 e. The Hall–Kier alpha value is -2.30. The van der Waals surface area contributed by atoms with Crippen LogP contribution in [0.2, 0.25) is 0 Å². The lowest BCUT2D eigenvalue weighted by Gasteiger charge is -2.07. The second kappa shape index (κ2) is 4.76. The van der Waals surface area contributed by atoms with Crippen molar-refractivity contribution in [2.45, 2.75) is 18.9 Å². The molecule has 0 aliphatic carbocycles. The van der Waals surface area contributed by atoms with E-state index in [0.717, 1.165) is 16.5 Å². The number of carbonyl (C=O) groups excluding carboxylic acids is 2. The van der Waals surface area contributed by atoms with Crippen LogP contribution in [0.15, 0.2) is 30.5 Å². The normalized spacial score (nSPS) is 18.5. The van der Waals surface area contributed by atoms with Gasteiger partial charge in [-0.3, -0.25) is 4.79 Å². The van der Waals surface area contributed by atoms with Crippen LogP contribution in [-0.4, -0.2) is 29.6 Å². The van der Waals surface area contributed by atoms with E-state index in [2.05, 4.69) is 4.98 Å². The first kappa shape index (κ1) is 11.8. The molecule has 98 valence electrons. The molecule has 1 aliphatic rings. The van der Waals surface area contributed by atoms with E-state index in [1.54, 1.807) is 6.20 Å². The van der Waals surface area contributed by atoms with Gasteiger partial charge >= 0.3 is 11.9 Å². The highest BCUT2D eigenvalue weighted by Crippen LogP contribution is 2.19. The lowest BCUT2D eigenvalue weighted by molar-refractivity contribution is -0.159. The topological polar surface area (TPSA) is 68.4 Å². The molecule has 0 amide bonds. The van der Waals surface area contributed by atoms with Crippen LogP contribution in [0, 0.1) is 0 Å². The summed E-state index contributed by atoms with van der Waals surface area (Å²) in [5.41, 5.74) is 1.84. The van der Waals surface area contributed by atoms with Gasteiger partial charge in [0.2, 0.25) is 6.10 Å². The molecule has 2 aromatic rings. The van der Waals surface area contributed by atoms with Gasteiger partial charge in [0.15, 0.2) is 0 Å². The molecule has 1 aliphatic heterocycles. The molecule has 0 radical (unpaired) electrons. The number of cyclic esters (lactones) is 1. The van der Waals surface area contributed by atoms with E-state index < -0.39 is 18.0 Å². The highest BCUT2D eigenvalue weighted by atomic mass is 16.6. The SMILES string of the molecule is O=C(Cc1c[nH]c2ccccc12)OC1CCOC1=O. The number of fused-ring (bicyclic) bond motifs is 1. The van der Waals surface area contributed by atoms with E-state index in [-0.39, 0.29) is 6.42 Å². The number of aromatic nitrogens is 1. The van der Waals surface area contributed by atoms with Gasteiger partial charge in [0, 0.05) is 23.5 Å². The monoisotopic (exact) mass is 259 g/mol. The van der Waals surface area contributed by atoms with Gasteiger partial charge in [-0.25, -0.2) is 4.79 Å². The van der Waals surface area contributed by atoms with E-state index in [1.165, 1.54) is 0 Å². The fraction of sp³-hybridized carbons (Fsp3) is 0.286. The minimum Gasteiger partial charge on any atom is -0.463 e. The number of benzene rings is 1. The van der Waals surface area contributed by atoms with Gasteiger partial charge in [-0.2, -0.15) is 0 Å². The van der Waals surface area contributed by atoms with Gasteiger partial charge in [0.05, 0.1) is 13.0 Å². The van der Waals surface area contributed by atoms with E-state index in [1.807, 2.05) is 24.3 Å². The molecule has 1 fully saturated rings. The molecule has 5 heteroatoms. The number of nitrogens with one attached hydrogen (secondary N) is 1. The molecular formula is C14H13NO4. The molecular weight excluding hydrogens is 246 g/mol. The van der Waals surface area contributed by atoms with E-state index in [9.17, 15) is 9.59 Å². The third-order valence-corrected chi connectivity index (χ3v) is 3.17. The third-order valence-electron chi connectivity index (χ3n) is 3.17. The summed E-state index contributed by atoms with van der Waals surface area (Å²) in [7, 11) is 0. The average molecular weight is 259 g/mol. The van der Waals surface area contributed by atoms with Crippen molar-refractivity contribution in [3.63, 3.8) is 0 Å². The molecule has 0 spiro atoms. The highest BCUT2D eigenvalue weighted by molar-refractivity contribution is 5.88. The Balaban J connectivity index is 1.71. The summed E-state index contributed by atoms with van der Waals surface area (Å²) in [5, 5.41) is 0.994. The molecule has 1 saturated heterocycles. The first-order chi connectivity index (χ1) is 9.24. The van der Waals surface area contributed by atoms with Crippen molar-refractivity contribution in [1.82, 2.24) is 4.98 Å². The van der Waals surface area contributed by atoms with E-state index in [4.69, 9.17) is 9.47 Å². The Kier molecular flexibility index (Phi) is 2.95. The van der Waals surface area contributed by atoms with Gasteiger partial charge in [-0.15, -0.1) is 0 Å². The Bertz CT molecular complexity index is 631. The molecule has 0 bridgehead atoms. The van der Waals surface area contributed by atoms with Crippen LogP contribution in [0.1, 0.15) is 12.0 Å². The van der Waals surface area contributed by atoms with Crippen LogP contribution >= 0.6 is 0 Å². The maximum Gasteiger partial charge on any atom is 0.347 e. The molecule has 5 nitrogen and oxygen atoms in total. The van der Waals surface area contributed by atoms with Crippen molar-refractivity contribution in [3.8, 4) is 0 Å². The zero-order valence-electron chi connectivity index (χ0n) is 10.2. The Labute approximate surface area is 109 Å². The lowest BCUT2D eigenvalue weighted by Crippen LogP contribution is -2.23. The van der Waals surface area contributed by atoms with Crippen LogP contribution < -0.4 is 0 Å². The molecule has 19 heavy (non-hydrogen) atoms. The summed E-state index contributed by atoms with van der Waals surface area (Å²) in [6.07, 6.45) is 1.64. The molecule has 1 aromatic heterocycles. The summed E-state index contributed by atoms with van der Waals surface area (Å²) in [5.74, 6) is -0.860. The molecule has 1 N–H and O–H groups in total. The van der Waals surface area contributed by atoms with Gasteiger partial charge in [-0.1, -0.05) is 18.2 Å². The van der Waals surface area contributed by atoms with Crippen molar-refractivity contribution in [3.05, 3.63) is 36.0 Å². The molecule has 0 saturated carbocycles. The van der Waals surface area contributed by atoms with Crippen LogP contribution in [0.4, 0.5) is 0 Å². The standard InChI is InChI=1S/C14H13NO4/c16-13(19-12-5-6-18-14(12)17)7-9-8-15-11-4-2-1-3-10(9)11/h1-4,8,12,15H,5-7H2. The number of rotatable bonds is 3. The average Bonchev–Trinajstić information content (AvgIpc) is 2.98. The molecule has 3 rings (SSSR count). The predicted molar refractivity (Wildman–Crippen MR) is 67.5 cm³/mol. The maximum absolute atomic E-state index is 11.8. The van der Waals surface area contributed by atoms with Crippen molar-refractivity contribution in [2.75, 3.05) is 6.61 Å². The smallest absolute Gasteiger partial charge is 0.347 e. The predicted octanol–water partition coefficient (Wildman–Crippen LogP) is 1.57. The Morgan fingerprint density at radius 1 is 1.42 bits per heavy atom. The fourth-order valence-corrected chi connectivity index (χ4v) is 2.22. The first-order valence-corrected chi connectivity index (χ1v) is 6.15. The van der Waals surface area contributed by atoms with Crippen LogP contribution in [0.25, 0.3) is 10.9 Å². The zero-order valence-corrected chi connectivity index (χ0v) is 10.2. The number of H-pyrrole nitrogens is 1. The van der Waals surface area contributed by atoms with Crippen LogP contribution in [0.3, 0.4) is 0 Å². The minimum atomic E-state index is -0.738. The number of hydrogen-bond donors (Lipinski definition) is 1. The van der Waals surface area contributed by atoms with Crippen LogP contribution in [-0.2, 0) is 25.5 Å². The number of carbonyl (C=O) groups is 2. The summed E-state index contributed by atoms with van der Waals surface area (Å²) >= 11 is 0. The molecule has 2 heterocycles. The first-order valence-electron chi connectivity index (χ1n) is 6.15. The van der Waals surface area contributed by atoms with Gasteiger partial charge in [-0.05, 0) is 11.6 Å². The van der Waals surface area contributed by atoms with Gasteiger partial charge in [0.1, 0.15) is 0 Å². The van der Waals surface area contributed by atoms with Crippen molar-refractivity contribution in [2.24, 2.45) is 0 Å². The van der Waals surface area contributed by atoms with Crippen LogP contribution in [0.5, 0.6) is 0 Å². The minimum absolute atomic E-state index is 0.147. The maximum atomic E-state index is 11.8. The number of aromatic amines is 1. The number of ether oxygens (including phenoxy) is 2. The lowest BCUT2D eigenvalue weighted by atomic mass is 10.1. The summed E-state index contributed by atoms with van der Waals surface area (Å²) in [6, 6.07) is 7.73. The summed E-state index contributed by atoms with van der Waals surface area (Å²) < 4.78 is 9.87. The van der Waals surface area contributed by atoms with Crippen molar-refractivity contribution in [1.29, 1.82) is 0 Å². The van der Waals surface area contributed by atoms with Gasteiger partial charge in [0.25, 0.3) is 0 Å². The fourth-order valence-electron chi connectivity index (χ4n) is 2.22. The quantitative estimate of drug-likeness (QED) is 0.849. The number of para-hydroxylation sites is 1. The van der Waals surface area contributed by atoms with Gasteiger partial charge < -0.3 is 14.5 Å². The summed E-state index contributed by atoms with van der Waals surface area (Å²) in [6.45, 7) is 0.323. The van der Waals surface area contributed by atoms with E-state index in [0.29, 0.717) is 13.0 Å². The Morgan fingerprint density at radius 2 is 2.26 bits per heavy atom. The molecule has 1 aromatic carbocycles. The highest BCUT2D eigenvalue weighted by Gasteiger charge is 2.30.